The van der Waals surface area contributed by atoms with Crippen molar-refractivity contribution in [1.29, 1.82) is 0 Å². The Kier molecular flexibility index (Phi) is 4.88. The Morgan fingerprint density at radius 2 is 1.27 bits per heavy atom. The van der Waals surface area contributed by atoms with Crippen molar-refractivity contribution in [3.05, 3.63) is 59.7 Å². The maximum absolute atomic E-state index is 12.8. The predicted octanol–water partition coefficient (Wildman–Crippen LogP) is 4.43. The highest BCUT2D eigenvalue weighted by atomic mass is 31.2. The van der Waals surface area contributed by atoms with E-state index in [0.29, 0.717) is 11.5 Å². The number of hydrogen-bond acceptors (Lipinski definition) is 5. The summed E-state index contributed by atoms with van der Waals surface area (Å²) in [6.45, 7) is 4.73. The Labute approximate surface area is 129 Å². The number of rotatable bonds is 5. The average molecular weight is 320 g/mol. The van der Waals surface area contributed by atoms with Crippen LogP contribution in [0.4, 0.5) is 0 Å². The van der Waals surface area contributed by atoms with Gasteiger partial charge in [-0.25, -0.2) is 0 Å². The van der Waals surface area contributed by atoms with Crippen LogP contribution in [0.1, 0.15) is 18.1 Å². The summed E-state index contributed by atoms with van der Waals surface area (Å²) in [7, 11) is -4.12. The molecule has 2 aromatic carbocycles. The van der Waals surface area contributed by atoms with Gasteiger partial charge < -0.3 is 13.6 Å². The summed E-state index contributed by atoms with van der Waals surface area (Å²) in [5, 5.41) is 0. The van der Waals surface area contributed by atoms with Crippen molar-refractivity contribution in [2.45, 2.75) is 20.8 Å². The number of phosphoric acid groups is 1. The fourth-order valence-electron chi connectivity index (χ4n) is 1.77. The van der Waals surface area contributed by atoms with Crippen LogP contribution in [0.5, 0.6) is 11.5 Å². The maximum atomic E-state index is 12.8. The van der Waals surface area contributed by atoms with Crippen LogP contribution in [-0.2, 0) is 13.9 Å². The lowest BCUT2D eigenvalue weighted by atomic mass is 10.2. The van der Waals surface area contributed by atoms with Crippen LogP contribution < -0.4 is 9.05 Å². The molecule has 0 bridgehead atoms. The highest BCUT2D eigenvalue weighted by molar-refractivity contribution is 7.50. The molecule has 2 rings (SSSR count). The van der Waals surface area contributed by atoms with E-state index < -0.39 is 13.8 Å². The first kappa shape index (κ1) is 16.1. The fraction of sp³-hybridized carbons (Fsp3) is 0.188. The van der Waals surface area contributed by atoms with E-state index in [9.17, 15) is 9.36 Å². The van der Waals surface area contributed by atoms with Crippen molar-refractivity contribution in [3.8, 4) is 11.5 Å². The van der Waals surface area contributed by atoms with Crippen LogP contribution in [0.15, 0.2) is 48.5 Å². The van der Waals surface area contributed by atoms with Crippen molar-refractivity contribution < 1.29 is 22.9 Å². The first-order chi connectivity index (χ1) is 10.4. The van der Waals surface area contributed by atoms with Gasteiger partial charge in [-0.05, 0) is 37.1 Å². The zero-order valence-electron chi connectivity index (χ0n) is 12.6. The van der Waals surface area contributed by atoms with Gasteiger partial charge in [0.2, 0.25) is 0 Å². The molecular formula is C16H17O5P. The number of carbonyl (C=O) groups is 1. The molecule has 0 saturated carbocycles. The molecule has 0 atom stereocenters. The molecule has 0 unspecified atom stereocenters. The molecule has 2 aromatic rings. The van der Waals surface area contributed by atoms with E-state index in [1.54, 1.807) is 50.2 Å². The molecule has 0 heterocycles. The minimum absolute atomic E-state index is 0.334. The molecule has 22 heavy (non-hydrogen) atoms. The van der Waals surface area contributed by atoms with Gasteiger partial charge in [0.15, 0.2) is 0 Å². The van der Waals surface area contributed by atoms with E-state index in [1.165, 1.54) is 0 Å². The van der Waals surface area contributed by atoms with Crippen LogP contribution in [-0.4, -0.2) is 5.97 Å². The molecule has 0 aliphatic rings. The monoisotopic (exact) mass is 320 g/mol. The molecule has 116 valence electrons. The number of benzene rings is 2. The fourth-order valence-corrected chi connectivity index (χ4v) is 3.09. The zero-order valence-corrected chi connectivity index (χ0v) is 13.5. The summed E-state index contributed by atoms with van der Waals surface area (Å²) >= 11 is 0. The van der Waals surface area contributed by atoms with E-state index in [4.69, 9.17) is 13.6 Å². The van der Waals surface area contributed by atoms with Crippen molar-refractivity contribution >= 4 is 13.8 Å². The molecule has 0 N–H and O–H groups in total. The Bertz CT molecular complexity index is 674. The van der Waals surface area contributed by atoms with E-state index in [1.807, 2.05) is 12.1 Å². The smallest absolute Gasteiger partial charge is 0.386 e. The van der Waals surface area contributed by atoms with Crippen molar-refractivity contribution in [3.63, 3.8) is 0 Å². The second-order valence-corrected chi connectivity index (χ2v) is 6.19. The molecule has 0 aromatic heterocycles. The van der Waals surface area contributed by atoms with Gasteiger partial charge in [0.05, 0.1) is 0 Å². The molecule has 0 fully saturated rings. The second kappa shape index (κ2) is 6.67. The van der Waals surface area contributed by atoms with Gasteiger partial charge in [-0.3, -0.25) is 4.79 Å². The maximum Gasteiger partial charge on any atom is 0.649 e. The quantitative estimate of drug-likeness (QED) is 0.763. The Morgan fingerprint density at radius 1 is 0.864 bits per heavy atom. The third-order valence-electron chi connectivity index (χ3n) is 2.85. The zero-order chi connectivity index (χ0) is 16.2. The summed E-state index contributed by atoms with van der Waals surface area (Å²) in [6.07, 6.45) is 0. The van der Waals surface area contributed by atoms with Gasteiger partial charge in [0.25, 0.3) is 0 Å². The number of aryl methyl sites for hydroxylation is 2. The summed E-state index contributed by atoms with van der Waals surface area (Å²) in [6, 6.07) is 14.0. The third-order valence-corrected chi connectivity index (χ3v) is 4.17. The topological polar surface area (TPSA) is 61.8 Å². The number of hydrogen-bond donors (Lipinski definition) is 0. The number of para-hydroxylation sites is 2. The van der Waals surface area contributed by atoms with E-state index >= 15 is 0 Å². The number of phosphoric ester groups is 1. The van der Waals surface area contributed by atoms with Crippen LogP contribution in [0.25, 0.3) is 0 Å². The Hall–Kier alpha value is -2.26. The lowest BCUT2D eigenvalue weighted by Gasteiger charge is -2.19. The molecule has 0 amide bonds. The van der Waals surface area contributed by atoms with Crippen LogP contribution in [0, 0.1) is 13.8 Å². The van der Waals surface area contributed by atoms with E-state index in [2.05, 4.69) is 0 Å². The Balaban J connectivity index is 2.32. The van der Waals surface area contributed by atoms with Crippen LogP contribution >= 0.6 is 7.82 Å². The molecule has 0 aliphatic carbocycles. The standard InChI is InChI=1S/C16H17O5P/c1-12-8-4-6-10-15(12)20-22(18,19-14(3)17)21-16-11-7-5-9-13(16)2/h4-11H,1-3H3. The molecule has 0 spiro atoms. The molecule has 0 radical (unpaired) electrons. The lowest BCUT2D eigenvalue weighted by molar-refractivity contribution is -0.132. The van der Waals surface area contributed by atoms with Gasteiger partial charge in [0, 0.05) is 6.92 Å². The van der Waals surface area contributed by atoms with Crippen molar-refractivity contribution in [2.24, 2.45) is 0 Å². The molecule has 0 aliphatic heterocycles. The van der Waals surface area contributed by atoms with Gasteiger partial charge in [-0.1, -0.05) is 36.4 Å². The molecule has 5 nitrogen and oxygen atoms in total. The van der Waals surface area contributed by atoms with E-state index in [-0.39, 0.29) is 0 Å². The highest BCUT2D eigenvalue weighted by Crippen LogP contribution is 2.50. The Morgan fingerprint density at radius 3 is 1.64 bits per heavy atom. The normalized spacial score (nSPS) is 10.9. The van der Waals surface area contributed by atoms with Crippen LogP contribution in [0.3, 0.4) is 0 Å². The summed E-state index contributed by atoms with van der Waals surface area (Å²) in [5.41, 5.74) is 1.51. The predicted molar refractivity (Wildman–Crippen MR) is 83.0 cm³/mol. The largest absolute Gasteiger partial charge is 0.649 e. The SMILES string of the molecule is CC(=O)OP(=O)(Oc1ccccc1C)Oc1ccccc1C. The first-order valence-electron chi connectivity index (χ1n) is 6.70. The van der Waals surface area contributed by atoms with Gasteiger partial charge in [-0.15, -0.1) is 0 Å². The third kappa shape index (κ3) is 4.12. The van der Waals surface area contributed by atoms with Gasteiger partial charge in [0.1, 0.15) is 11.5 Å². The van der Waals surface area contributed by atoms with E-state index in [0.717, 1.165) is 18.1 Å². The molecule has 6 heteroatoms. The van der Waals surface area contributed by atoms with Crippen molar-refractivity contribution in [1.82, 2.24) is 0 Å². The minimum atomic E-state index is -4.12. The average Bonchev–Trinajstić information content (AvgIpc) is 2.43. The molecular weight excluding hydrogens is 303 g/mol. The van der Waals surface area contributed by atoms with Gasteiger partial charge >= 0.3 is 13.8 Å². The summed E-state index contributed by atoms with van der Waals surface area (Å²) < 4.78 is 28.4. The highest BCUT2D eigenvalue weighted by Gasteiger charge is 2.35. The van der Waals surface area contributed by atoms with Crippen LogP contribution in [0.2, 0.25) is 0 Å². The van der Waals surface area contributed by atoms with Crippen molar-refractivity contribution in [2.75, 3.05) is 0 Å². The lowest BCUT2D eigenvalue weighted by Crippen LogP contribution is -2.09. The summed E-state index contributed by atoms with van der Waals surface area (Å²) in [5.74, 6) is -0.0770. The molecule has 0 saturated heterocycles. The van der Waals surface area contributed by atoms with Gasteiger partial charge in [-0.2, -0.15) is 4.57 Å². The summed E-state index contributed by atoms with van der Waals surface area (Å²) in [4.78, 5) is 11.3. The number of carbonyl (C=O) groups excluding carboxylic acids is 1. The first-order valence-corrected chi connectivity index (χ1v) is 8.16. The second-order valence-electron chi connectivity index (χ2n) is 4.74. The minimum Gasteiger partial charge on any atom is -0.386 e.